The number of halogens is 1. The third kappa shape index (κ3) is 2.60. The van der Waals surface area contributed by atoms with Gasteiger partial charge >= 0.3 is 0 Å². The normalized spacial score (nSPS) is 10.0. The first-order valence-electron chi connectivity index (χ1n) is 4.79. The second-order valence-electron chi connectivity index (χ2n) is 3.16. The van der Waals surface area contributed by atoms with Gasteiger partial charge in [0.25, 0.3) is 5.88 Å². The first-order chi connectivity index (χ1) is 8.19. The second kappa shape index (κ2) is 4.65. The molecule has 0 aliphatic rings. The molecule has 2 rings (SSSR count). The van der Waals surface area contributed by atoms with E-state index in [1.54, 1.807) is 24.3 Å². The number of hydrogen-bond acceptors (Lipinski definition) is 5. The first kappa shape index (κ1) is 11.1. The van der Waals surface area contributed by atoms with Crippen molar-refractivity contribution in [3.05, 3.63) is 36.3 Å². The summed E-state index contributed by atoms with van der Waals surface area (Å²) in [5.74, 6) is 0.0587. The zero-order chi connectivity index (χ0) is 12.3. The van der Waals surface area contributed by atoms with Gasteiger partial charge in [-0.3, -0.25) is 0 Å². The number of nitrogens with zero attached hydrogens (tertiary/aromatic N) is 2. The van der Waals surface area contributed by atoms with Crippen LogP contribution in [0.1, 0.15) is 0 Å². The highest BCUT2D eigenvalue weighted by molar-refractivity contribution is 5.36. The fourth-order valence-corrected chi connectivity index (χ4v) is 1.21. The SMILES string of the molecule is COc1cccc(Oc2nc(N)ncc2F)c1. The van der Waals surface area contributed by atoms with E-state index in [0.717, 1.165) is 6.20 Å². The Hall–Kier alpha value is -2.37. The van der Waals surface area contributed by atoms with E-state index in [0.29, 0.717) is 11.5 Å². The highest BCUT2D eigenvalue weighted by Crippen LogP contribution is 2.25. The van der Waals surface area contributed by atoms with Crippen molar-refractivity contribution in [3.63, 3.8) is 0 Å². The molecule has 0 atom stereocenters. The monoisotopic (exact) mass is 235 g/mol. The summed E-state index contributed by atoms with van der Waals surface area (Å²) >= 11 is 0. The van der Waals surface area contributed by atoms with Crippen molar-refractivity contribution in [1.29, 1.82) is 0 Å². The number of nitrogens with two attached hydrogens (primary N) is 1. The molecule has 1 aromatic carbocycles. The maximum Gasteiger partial charge on any atom is 0.260 e. The Kier molecular flexibility index (Phi) is 3.04. The van der Waals surface area contributed by atoms with Gasteiger partial charge in [0.2, 0.25) is 11.8 Å². The summed E-state index contributed by atoms with van der Waals surface area (Å²) in [6, 6.07) is 6.73. The van der Waals surface area contributed by atoms with Crippen molar-refractivity contribution >= 4 is 5.95 Å². The Morgan fingerprint density at radius 3 is 2.82 bits per heavy atom. The smallest absolute Gasteiger partial charge is 0.260 e. The van der Waals surface area contributed by atoms with Crippen LogP contribution in [-0.4, -0.2) is 17.1 Å². The third-order valence-corrected chi connectivity index (χ3v) is 1.99. The van der Waals surface area contributed by atoms with E-state index in [9.17, 15) is 4.39 Å². The van der Waals surface area contributed by atoms with Crippen molar-refractivity contribution in [2.24, 2.45) is 0 Å². The van der Waals surface area contributed by atoms with E-state index in [-0.39, 0.29) is 11.8 Å². The summed E-state index contributed by atoms with van der Waals surface area (Å²) in [5, 5.41) is 0. The van der Waals surface area contributed by atoms with Crippen LogP contribution in [0.5, 0.6) is 17.4 Å². The lowest BCUT2D eigenvalue weighted by Crippen LogP contribution is -1.99. The Labute approximate surface area is 97.0 Å². The molecule has 2 N–H and O–H groups in total. The standard InChI is InChI=1S/C11H10FN3O2/c1-16-7-3-2-4-8(5-7)17-10-9(12)6-14-11(13)15-10/h2-6H,1H3,(H2,13,14,15). The maximum absolute atomic E-state index is 13.3. The molecule has 0 aliphatic heterocycles. The van der Waals surface area contributed by atoms with Crippen LogP contribution >= 0.6 is 0 Å². The summed E-state index contributed by atoms with van der Waals surface area (Å²) < 4.78 is 23.6. The third-order valence-electron chi connectivity index (χ3n) is 1.99. The van der Waals surface area contributed by atoms with Gasteiger partial charge in [-0.2, -0.15) is 9.37 Å². The maximum atomic E-state index is 13.3. The molecule has 0 unspecified atom stereocenters. The molecular formula is C11H10FN3O2. The number of aromatic nitrogens is 2. The van der Waals surface area contributed by atoms with E-state index < -0.39 is 5.82 Å². The lowest BCUT2D eigenvalue weighted by Gasteiger charge is -2.07. The van der Waals surface area contributed by atoms with Gasteiger partial charge in [0.1, 0.15) is 11.5 Å². The minimum absolute atomic E-state index is 0.0516. The largest absolute Gasteiger partial charge is 0.497 e. The molecule has 5 nitrogen and oxygen atoms in total. The van der Waals surface area contributed by atoms with Crippen molar-refractivity contribution in [2.75, 3.05) is 12.8 Å². The van der Waals surface area contributed by atoms with Crippen LogP contribution < -0.4 is 15.2 Å². The molecule has 1 heterocycles. The summed E-state index contributed by atoms with van der Waals surface area (Å²) in [6.07, 6.45) is 0.956. The fourth-order valence-electron chi connectivity index (χ4n) is 1.21. The molecule has 6 heteroatoms. The minimum atomic E-state index is -0.679. The van der Waals surface area contributed by atoms with Crippen molar-refractivity contribution in [3.8, 4) is 17.4 Å². The van der Waals surface area contributed by atoms with Crippen molar-refractivity contribution < 1.29 is 13.9 Å². The number of methoxy groups -OCH3 is 1. The predicted molar refractivity (Wildman–Crippen MR) is 59.5 cm³/mol. The van der Waals surface area contributed by atoms with Crippen LogP contribution in [0.4, 0.5) is 10.3 Å². The van der Waals surface area contributed by atoms with Gasteiger partial charge in [-0.25, -0.2) is 4.98 Å². The summed E-state index contributed by atoms with van der Waals surface area (Å²) in [4.78, 5) is 7.15. The molecule has 88 valence electrons. The fraction of sp³-hybridized carbons (Fsp3) is 0.0909. The van der Waals surface area contributed by atoms with Gasteiger partial charge in [-0.15, -0.1) is 0 Å². The van der Waals surface area contributed by atoms with E-state index in [4.69, 9.17) is 15.2 Å². The molecule has 0 saturated heterocycles. The molecule has 0 aliphatic carbocycles. The van der Waals surface area contributed by atoms with Crippen LogP contribution in [0, 0.1) is 5.82 Å². The zero-order valence-electron chi connectivity index (χ0n) is 9.05. The number of benzene rings is 1. The van der Waals surface area contributed by atoms with Gasteiger partial charge < -0.3 is 15.2 Å². The number of nitrogen functional groups attached to an aromatic ring is 1. The Balaban J connectivity index is 2.27. The van der Waals surface area contributed by atoms with Crippen LogP contribution in [0.2, 0.25) is 0 Å². The Morgan fingerprint density at radius 1 is 1.29 bits per heavy atom. The summed E-state index contributed by atoms with van der Waals surface area (Å²) in [6.45, 7) is 0. The Morgan fingerprint density at radius 2 is 2.06 bits per heavy atom. The molecule has 0 spiro atoms. The number of rotatable bonds is 3. The highest BCUT2D eigenvalue weighted by atomic mass is 19.1. The molecule has 2 aromatic rings. The average molecular weight is 235 g/mol. The van der Waals surface area contributed by atoms with Gasteiger partial charge in [-0.1, -0.05) is 6.07 Å². The number of anilines is 1. The minimum Gasteiger partial charge on any atom is -0.497 e. The highest BCUT2D eigenvalue weighted by Gasteiger charge is 2.08. The number of ether oxygens (including phenoxy) is 2. The molecular weight excluding hydrogens is 225 g/mol. The first-order valence-corrected chi connectivity index (χ1v) is 4.79. The van der Waals surface area contributed by atoms with E-state index >= 15 is 0 Å². The lowest BCUT2D eigenvalue weighted by molar-refractivity contribution is 0.399. The van der Waals surface area contributed by atoms with Crippen LogP contribution in [0.3, 0.4) is 0 Å². The topological polar surface area (TPSA) is 70.3 Å². The van der Waals surface area contributed by atoms with Crippen molar-refractivity contribution in [2.45, 2.75) is 0 Å². The summed E-state index contributed by atoms with van der Waals surface area (Å²) in [5.41, 5.74) is 5.34. The quantitative estimate of drug-likeness (QED) is 0.881. The van der Waals surface area contributed by atoms with Crippen LogP contribution in [0.25, 0.3) is 0 Å². The van der Waals surface area contributed by atoms with Crippen LogP contribution in [0.15, 0.2) is 30.5 Å². The predicted octanol–water partition coefficient (Wildman–Crippen LogP) is 2.00. The Bertz CT molecular complexity index is 534. The number of hydrogen-bond donors (Lipinski definition) is 1. The van der Waals surface area contributed by atoms with Gasteiger partial charge in [-0.05, 0) is 12.1 Å². The lowest BCUT2D eigenvalue weighted by atomic mass is 10.3. The molecule has 0 radical (unpaired) electrons. The molecule has 17 heavy (non-hydrogen) atoms. The molecule has 0 amide bonds. The second-order valence-corrected chi connectivity index (χ2v) is 3.16. The van der Waals surface area contributed by atoms with Gasteiger partial charge in [0.05, 0.1) is 13.3 Å². The van der Waals surface area contributed by atoms with E-state index in [1.807, 2.05) is 0 Å². The van der Waals surface area contributed by atoms with Crippen molar-refractivity contribution in [1.82, 2.24) is 9.97 Å². The molecule has 0 bridgehead atoms. The van der Waals surface area contributed by atoms with E-state index in [1.165, 1.54) is 7.11 Å². The van der Waals surface area contributed by atoms with Gasteiger partial charge in [0.15, 0.2) is 0 Å². The molecule has 1 aromatic heterocycles. The summed E-state index contributed by atoms with van der Waals surface area (Å²) in [7, 11) is 1.53. The van der Waals surface area contributed by atoms with Crippen LogP contribution in [-0.2, 0) is 0 Å². The molecule has 0 fully saturated rings. The van der Waals surface area contributed by atoms with E-state index in [2.05, 4.69) is 9.97 Å². The van der Waals surface area contributed by atoms with Gasteiger partial charge in [0, 0.05) is 6.07 Å². The zero-order valence-corrected chi connectivity index (χ0v) is 9.05. The molecule has 0 saturated carbocycles. The average Bonchev–Trinajstić information content (AvgIpc) is 2.34.